The number of allylic oxidation sites excluding steroid dienone is 1. The van der Waals surface area contributed by atoms with E-state index in [1.165, 1.54) is 4.90 Å². The molecule has 100 valence electrons. The van der Waals surface area contributed by atoms with E-state index in [1.807, 2.05) is 44.2 Å². The third-order valence-electron chi connectivity index (χ3n) is 3.54. The lowest BCUT2D eigenvalue weighted by Gasteiger charge is -2.26. The summed E-state index contributed by atoms with van der Waals surface area (Å²) in [6, 6.07) is 11.1. The summed E-state index contributed by atoms with van der Waals surface area (Å²) in [5.41, 5.74) is 2.31. The summed E-state index contributed by atoms with van der Waals surface area (Å²) >= 11 is 0. The van der Waals surface area contributed by atoms with Crippen LogP contribution in [0.2, 0.25) is 0 Å². The van der Waals surface area contributed by atoms with Crippen LogP contribution in [0.5, 0.6) is 0 Å². The number of nitrogens with zero attached hydrogens (tertiary/aromatic N) is 1. The third kappa shape index (κ3) is 1.83. The van der Waals surface area contributed by atoms with Gasteiger partial charge in [0.2, 0.25) is 0 Å². The Kier molecular flexibility index (Phi) is 2.90. The Labute approximate surface area is 117 Å². The molecule has 0 saturated carbocycles. The first-order valence-electron chi connectivity index (χ1n) is 6.61. The highest BCUT2D eigenvalue weighted by atomic mass is 16.2. The van der Waals surface area contributed by atoms with Crippen molar-refractivity contribution in [3.8, 4) is 0 Å². The molecule has 0 aliphatic carbocycles. The van der Waals surface area contributed by atoms with Crippen LogP contribution in [0.25, 0.3) is 10.8 Å². The first kappa shape index (κ1) is 12.6. The smallest absolute Gasteiger partial charge is 0.261 e. The van der Waals surface area contributed by atoms with E-state index in [1.54, 1.807) is 12.1 Å². The summed E-state index contributed by atoms with van der Waals surface area (Å²) in [4.78, 5) is 26.3. The highest BCUT2D eigenvalue weighted by Crippen LogP contribution is 2.29. The number of imide groups is 1. The van der Waals surface area contributed by atoms with Gasteiger partial charge in [-0.15, -0.1) is 0 Å². The molecule has 1 aliphatic rings. The highest BCUT2D eigenvalue weighted by molar-refractivity contribution is 6.25. The molecule has 3 heteroatoms. The average Bonchev–Trinajstić information content (AvgIpc) is 2.44. The van der Waals surface area contributed by atoms with Gasteiger partial charge in [0.15, 0.2) is 0 Å². The molecule has 20 heavy (non-hydrogen) atoms. The van der Waals surface area contributed by atoms with Crippen molar-refractivity contribution in [1.29, 1.82) is 0 Å². The minimum Gasteiger partial charge on any atom is -0.270 e. The molecule has 0 spiro atoms. The maximum Gasteiger partial charge on any atom is 0.261 e. The van der Waals surface area contributed by atoms with Crippen LogP contribution in [0, 0.1) is 0 Å². The zero-order valence-electron chi connectivity index (χ0n) is 11.5. The monoisotopic (exact) mass is 265 g/mol. The number of hydrogen-bond acceptors (Lipinski definition) is 2. The minimum atomic E-state index is -0.211. The first-order valence-corrected chi connectivity index (χ1v) is 6.61. The summed E-state index contributed by atoms with van der Waals surface area (Å²) in [5.74, 6) is -0.423. The zero-order chi connectivity index (χ0) is 14.3. The predicted molar refractivity (Wildman–Crippen MR) is 78.7 cm³/mol. The summed E-state index contributed by atoms with van der Waals surface area (Å²) in [6.07, 6.45) is 1.89. The normalized spacial score (nSPS) is 13.8. The maximum absolute atomic E-state index is 12.5. The Hall–Kier alpha value is -2.42. The van der Waals surface area contributed by atoms with Gasteiger partial charge in [0.25, 0.3) is 11.8 Å². The number of carbonyl (C=O) groups excluding carboxylic acids is 2. The predicted octanol–water partition coefficient (Wildman–Crippen LogP) is 3.40. The van der Waals surface area contributed by atoms with E-state index in [9.17, 15) is 9.59 Å². The molecule has 2 aromatic carbocycles. The number of rotatable bonds is 2. The maximum atomic E-state index is 12.5. The van der Waals surface area contributed by atoms with E-state index in [4.69, 9.17) is 0 Å². The van der Waals surface area contributed by atoms with Crippen LogP contribution in [-0.4, -0.2) is 23.3 Å². The number of carbonyl (C=O) groups is 2. The molecule has 0 N–H and O–H groups in total. The molecule has 0 bridgehead atoms. The average molecular weight is 265 g/mol. The van der Waals surface area contributed by atoms with Crippen LogP contribution < -0.4 is 0 Å². The van der Waals surface area contributed by atoms with Gasteiger partial charge in [-0.25, -0.2) is 0 Å². The van der Waals surface area contributed by atoms with Crippen molar-refractivity contribution in [3.05, 3.63) is 59.2 Å². The fourth-order valence-corrected chi connectivity index (χ4v) is 2.52. The second-order valence-electron chi connectivity index (χ2n) is 5.21. The van der Waals surface area contributed by atoms with Gasteiger partial charge in [0, 0.05) is 23.1 Å². The molecule has 0 radical (unpaired) electrons. The van der Waals surface area contributed by atoms with Crippen molar-refractivity contribution in [2.75, 3.05) is 6.54 Å². The Balaban J connectivity index is 2.19. The molecule has 0 unspecified atom stereocenters. The lowest BCUT2D eigenvalue weighted by atomic mass is 9.94. The van der Waals surface area contributed by atoms with Gasteiger partial charge in [-0.1, -0.05) is 35.9 Å². The molecule has 1 aliphatic heterocycles. The van der Waals surface area contributed by atoms with Crippen LogP contribution in [0.4, 0.5) is 0 Å². The van der Waals surface area contributed by atoms with E-state index in [0.717, 1.165) is 16.3 Å². The van der Waals surface area contributed by atoms with Crippen molar-refractivity contribution in [1.82, 2.24) is 4.90 Å². The molecule has 1 heterocycles. The molecule has 0 saturated heterocycles. The van der Waals surface area contributed by atoms with Crippen molar-refractivity contribution >= 4 is 22.6 Å². The van der Waals surface area contributed by atoms with Gasteiger partial charge in [-0.2, -0.15) is 0 Å². The number of amides is 2. The molecule has 2 amide bonds. The third-order valence-corrected chi connectivity index (χ3v) is 3.54. The lowest BCUT2D eigenvalue weighted by Crippen LogP contribution is -2.40. The lowest BCUT2D eigenvalue weighted by molar-refractivity contribution is 0.0628. The second-order valence-corrected chi connectivity index (χ2v) is 5.21. The second kappa shape index (κ2) is 4.60. The van der Waals surface area contributed by atoms with E-state index >= 15 is 0 Å². The molecule has 0 aromatic heterocycles. The van der Waals surface area contributed by atoms with Gasteiger partial charge in [0.05, 0.1) is 0 Å². The molecule has 0 fully saturated rings. The highest BCUT2D eigenvalue weighted by Gasteiger charge is 2.31. The van der Waals surface area contributed by atoms with Gasteiger partial charge in [-0.05, 0) is 31.4 Å². The van der Waals surface area contributed by atoms with Crippen molar-refractivity contribution < 1.29 is 9.59 Å². The Morgan fingerprint density at radius 3 is 2.05 bits per heavy atom. The Morgan fingerprint density at radius 2 is 1.55 bits per heavy atom. The summed E-state index contributed by atoms with van der Waals surface area (Å²) in [7, 11) is 0. The summed E-state index contributed by atoms with van der Waals surface area (Å²) < 4.78 is 0. The summed E-state index contributed by atoms with van der Waals surface area (Å²) in [6.45, 7) is 4.23. The SMILES string of the molecule is CC(C)=CCN1C(=O)c2cccc3cccc(c23)C1=O. The van der Waals surface area contributed by atoms with E-state index in [2.05, 4.69) is 0 Å². The Morgan fingerprint density at radius 1 is 1.00 bits per heavy atom. The van der Waals surface area contributed by atoms with Crippen molar-refractivity contribution in [3.63, 3.8) is 0 Å². The minimum absolute atomic E-state index is 0.211. The quantitative estimate of drug-likeness (QED) is 0.616. The zero-order valence-corrected chi connectivity index (χ0v) is 11.5. The molecular weight excluding hydrogens is 250 g/mol. The number of benzene rings is 2. The topological polar surface area (TPSA) is 37.4 Å². The van der Waals surface area contributed by atoms with E-state index in [-0.39, 0.29) is 11.8 Å². The van der Waals surface area contributed by atoms with Gasteiger partial charge in [-0.3, -0.25) is 14.5 Å². The molecule has 0 atom stereocenters. The van der Waals surface area contributed by atoms with Gasteiger partial charge >= 0.3 is 0 Å². The van der Waals surface area contributed by atoms with Crippen LogP contribution >= 0.6 is 0 Å². The molecule has 2 aromatic rings. The van der Waals surface area contributed by atoms with E-state index in [0.29, 0.717) is 17.7 Å². The fraction of sp³-hybridized carbons (Fsp3) is 0.176. The van der Waals surface area contributed by atoms with Crippen molar-refractivity contribution in [2.45, 2.75) is 13.8 Å². The Bertz CT molecular complexity index is 704. The standard InChI is InChI=1S/C17H15NO2/c1-11(2)9-10-18-16(19)13-7-3-5-12-6-4-8-14(15(12)13)17(18)20/h3-9H,10H2,1-2H3. The molecule has 3 rings (SSSR count). The fourth-order valence-electron chi connectivity index (χ4n) is 2.52. The van der Waals surface area contributed by atoms with Crippen molar-refractivity contribution in [2.24, 2.45) is 0 Å². The van der Waals surface area contributed by atoms with Gasteiger partial charge < -0.3 is 0 Å². The molecular formula is C17H15NO2. The van der Waals surface area contributed by atoms with E-state index < -0.39 is 0 Å². The number of hydrogen-bond donors (Lipinski definition) is 0. The van der Waals surface area contributed by atoms with Gasteiger partial charge in [0.1, 0.15) is 0 Å². The van der Waals surface area contributed by atoms with Crippen LogP contribution in [0.1, 0.15) is 34.6 Å². The largest absolute Gasteiger partial charge is 0.270 e. The summed E-state index contributed by atoms with van der Waals surface area (Å²) in [5, 5.41) is 1.71. The molecule has 3 nitrogen and oxygen atoms in total. The first-order chi connectivity index (χ1) is 9.59. The van der Waals surface area contributed by atoms with Crippen LogP contribution in [-0.2, 0) is 0 Å². The van der Waals surface area contributed by atoms with Crippen LogP contribution in [0.15, 0.2) is 48.0 Å². The van der Waals surface area contributed by atoms with Crippen LogP contribution in [0.3, 0.4) is 0 Å².